The number of nitrogens with two attached hydrogens (primary N) is 1. The van der Waals surface area contributed by atoms with Crippen molar-refractivity contribution in [1.82, 2.24) is 14.9 Å². The average molecular weight is 474 g/mol. The number of hydrogen-bond donors (Lipinski definition) is 4. The summed E-state index contributed by atoms with van der Waals surface area (Å²) in [6.45, 7) is 5.22. The van der Waals surface area contributed by atoms with Crippen molar-refractivity contribution in [2.24, 2.45) is 0 Å². The van der Waals surface area contributed by atoms with Crippen LogP contribution in [0.3, 0.4) is 0 Å². The first-order valence-corrected chi connectivity index (χ1v) is 11.3. The minimum atomic E-state index is -1.07. The lowest BCUT2D eigenvalue weighted by Gasteiger charge is -2.22. The Morgan fingerprint density at radius 2 is 2.03 bits per heavy atom. The summed E-state index contributed by atoms with van der Waals surface area (Å²) in [6.07, 6.45) is 2.84. The fraction of sp³-hybridized carbons (Fsp3) is 0.500. The van der Waals surface area contributed by atoms with Crippen LogP contribution in [0.5, 0.6) is 5.75 Å². The van der Waals surface area contributed by atoms with Crippen molar-refractivity contribution in [3.63, 3.8) is 0 Å². The maximum atomic E-state index is 11.8. The van der Waals surface area contributed by atoms with Crippen LogP contribution in [0.25, 0.3) is 0 Å². The van der Waals surface area contributed by atoms with E-state index in [-0.39, 0.29) is 37.6 Å². The number of benzene rings is 1. The normalized spacial score (nSPS) is 11.7. The van der Waals surface area contributed by atoms with E-state index >= 15 is 0 Å². The first-order chi connectivity index (χ1) is 16.2. The Hall–Kier alpha value is -3.40. The second-order valence-corrected chi connectivity index (χ2v) is 8.20. The van der Waals surface area contributed by atoms with Gasteiger partial charge in [0.05, 0.1) is 7.11 Å². The molecule has 1 aromatic carbocycles. The van der Waals surface area contributed by atoms with Gasteiger partial charge in [0.15, 0.2) is 0 Å². The predicted octanol–water partition coefficient (Wildman–Crippen LogP) is 2.36. The molecule has 0 fully saturated rings. The number of carboxylic acids is 1. The number of aliphatic hydroxyl groups is 1. The first-order valence-electron chi connectivity index (χ1n) is 11.3. The van der Waals surface area contributed by atoms with Crippen molar-refractivity contribution in [2.45, 2.75) is 59.0 Å². The molecular weight excluding hydrogens is 438 g/mol. The van der Waals surface area contributed by atoms with Gasteiger partial charge in [0, 0.05) is 43.8 Å². The molecule has 1 atom stereocenters. The van der Waals surface area contributed by atoms with E-state index in [1.54, 1.807) is 7.11 Å². The first kappa shape index (κ1) is 26.8. The van der Waals surface area contributed by atoms with E-state index in [0.717, 1.165) is 35.2 Å². The van der Waals surface area contributed by atoms with Gasteiger partial charge in [0.1, 0.15) is 18.1 Å². The molecule has 0 spiro atoms. The van der Waals surface area contributed by atoms with E-state index < -0.39 is 5.97 Å². The van der Waals surface area contributed by atoms with Crippen LogP contribution in [0.2, 0.25) is 0 Å². The Bertz CT molecular complexity index is 998. The molecule has 0 aliphatic heterocycles. The summed E-state index contributed by atoms with van der Waals surface area (Å²) in [5, 5.41) is 21.7. The zero-order valence-electron chi connectivity index (χ0n) is 20.3. The van der Waals surface area contributed by atoms with E-state index in [0.29, 0.717) is 24.4 Å². The van der Waals surface area contributed by atoms with Crippen LogP contribution in [0.15, 0.2) is 18.2 Å². The van der Waals surface area contributed by atoms with Gasteiger partial charge in [0.2, 0.25) is 11.9 Å². The number of anilines is 2. The van der Waals surface area contributed by atoms with Crippen molar-refractivity contribution in [3.8, 4) is 5.75 Å². The number of ether oxygens (including phenoxy) is 1. The summed E-state index contributed by atoms with van der Waals surface area (Å²) < 4.78 is 5.61. The van der Waals surface area contributed by atoms with Crippen LogP contribution in [0, 0.1) is 6.92 Å². The summed E-state index contributed by atoms with van der Waals surface area (Å²) in [5.74, 6) is 0.0753. The molecule has 0 unspecified atom stereocenters. The van der Waals surface area contributed by atoms with Gasteiger partial charge in [0.25, 0.3) is 0 Å². The van der Waals surface area contributed by atoms with E-state index in [2.05, 4.69) is 22.2 Å². The number of aliphatic hydroxyl groups excluding tert-OH is 1. The summed E-state index contributed by atoms with van der Waals surface area (Å²) in [5.41, 5.74) is 9.21. The molecule has 0 bridgehead atoms. The van der Waals surface area contributed by atoms with E-state index in [1.165, 1.54) is 11.8 Å². The third kappa shape index (κ3) is 7.58. The third-order valence-corrected chi connectivity index (χ3v) is 5.64. The van der Waals surface area contributed by atoms with Crippen LogP contribution in [-0.4, -0.2) is 63.3 Å². The van der Waals surface area contributed by atoms with E-state index in [9.17, 15) is 14.7 Å². The number of nitrogen functional groups attached to an aromatic ring is 1. The monoisotopic (exact) mass is 473 g/mol. The molecule has 0 aliphatic rings. The number of nitrogens with zero attached hydrogens (tertiary/aromatic N) is 3. The fourth-order valence-corrected chi connectivity index (χ4v) is 3.74. The number of amides is 1. The minimum absolute atomic E-state index is 0.132. The Labute approximate surface area is 200 Å². The van der Waals surface area contributed by atoms with Gasteiger partial charge in [-0.15, -0.1) is 0 Å². The highest BCUT2D eigenvalue weighted by Gasteiger charge is 2.18. The number of rotatable bonds is 13. The smallest absolute Gasteiger partial charge is 0.323 e. The summed E-state index contributed by atoms with van der Waals surface area (Å²) in [6, 6.07) is 5.70. The number of methoxy groups -OCH3 is 1. The molecule has 0 saturated carbocycles. The molecular formula is C24H35N5O5. The molecule has 1 heterocycles. The van der Waals surface area contributed by atoms with Gasteiger partial charge in [-0.25, -0.2) is 4.98 Å². The molecule has 0 aliphatic carbocycles. The molecule has 1 amide bonds. The number of carboxylic acid groups (broad SMARTS) is 1. The topological polar surface area (TPSA) is 151 Å². The highest BCUT2D eigenvalue weighted by Crippen LogP contribution is 2.28. The highest BCUT2D eigenvalue weighted by atomic mass is 16.5. The molecule has 2 rings (SSSR count). The Morgan fingerprint density at radius 3 is 2.62 bits per heavy atom. The van der Waals surface area contributed by atoms with Crippen molar-refractivity contribution >= 4 is 23.6 Å². The van der Waals surface area contributed by atoms with Crippen LogP contribution >= 0.6 is 0 Å². The zero-order chi connectivity index (χ0) is 25.3. The largest absolute Gasteiger partial charge is 0.496 e. The van der Waals surface area contributed by atoms with E-state index in [1.807, 2.05) is 25.1 Å². The molecule has 5 N–H and O–H groups in total. The lowest BCUT2D eigenvalue weighted by molar-refractivity contribution is -0.144. The number of carbonyl (C=O) groups excluding carboxylic acids is 1. The highest BCUT2D eigenvalue weighted by molar-refractivity contribution is 5.79. The molecule has 0 saturated heterocycles. The second kappa shape index (κ2) is 12.7. The average Bonchev–Trinajstić information content (AvgIpc) is 2.78. The lowest BCUT2D eigenvalue weighted by atomic mass is 10.0. The van der Waals surface area contributed by atoms with Gasteiger partial charge < -0.3 is 30.9 Å². The standard InChI is InChI=1S/C24H35N5O5/c1-5-19(7-6-10-30)27-23-20(15(2)26-24(25)28-23)12-18-9-8-17(11-21(18)34-4)13-29(16(3)31)14-22(32)33/h8-9,11,19,30H,5-7,10,12-14H2,1-4H3,(H,32,33)(H3,25,26,27,28)/t19-/m0/s1. The Kier molecular flexibility index (Phi) is 10.1. The van der Waals surface area contributed by atoms with Gasteiger partial charge >= 0.3 is 5.97 Å². The number of nitrogens with one attached hydrogen (secondary N) is 1. The maximum absolute atomic E-state index is 11.8. The van der Waals surface area contributed by atoms with E-state index in [4.69, 9.17) is 15.6 Å². The quantitative estimate of drug-likeness (QED) is 0.344. The van der Waals surface area contributed by atoms with Crippen LogP contribution < -0.4 is 15.8 Å². The van der Waals surface area contributed by atoms with Gasteiger partial charge in [-0.05, 0) is 43.4 Å². The predicted molar refractivity (Wildman–Crippen MR) is 130 cm³/mol. The molecule has 10 nitrogen and oxygen atoms in total. The van der Waals surface area contributed by atoms with Crippen molar-refractivity contribution in [2.75, 3.05) is 31.3 Å². The molecule has 10 heteroatoms. The van der Waals surface area contributed by atoms with Gasteiger partial charge in [-0.3, -0.25) is 9.59 Å². The van der Waals surface area contributed by atoms with Gasteiger partial charge in [-0.2, -0.15) is 4.98 Å². The molecule has 0 radical (unpaired) electrons. The Morgan fingerprint density at radius 1 is 1.29 bits per heavy atom. The molecule has 186 valence electrons. The number of aliphatic carboxylic acids is 1. The third-order valence-electron chi connectivity index (χ3n) is 5.64. The van der Waals surface area contributed by atoms with Crippen molar-refractivity contribution in [3.05, 3.63) is 40.6 Å². The maximum Gasteiger partial charge on any atom is 0.323 e. The lowest BCUT2D eigenvalue weighted by Crippen LogP contribution is -2.33. The van der Waals surface area contributed by atoms with Gasteiger partial charge in [-0.1, -0.05) is 19.1 Å². The van der Waals surface area contributed by atoms with Crippen LogP contribution in [-0.2, 0) is 22.6 Å². The minimum Gasteiger partial charge on any atom is -0.496 e. The Balaban J connectivity index is 2.33. The SMILES string of the molecule is CC[C@@H](CCCO)Nc1nc(N)nc(C)c1Cc1ccc(CN(CC(=O)O)C(C)=O)cc1OC. The summed E-state index contributed by atoms with van der Waals surface area (Å²) in [7, 11) is 1.57. The van der Waals surface area contributed by atoms with Crippen molar-refractivity contribution in [1.29, 1.82) is 0 Å². The molecule has 34 heavy (non-hydrogen) atoms. The molecule has 2 aromatic rings. The fourth-order valence-electron chi connectivity index (χ4n) is 3.74. The number of aryl methyl sites for hydroxylation is 1. The van der Waals surface area contributed by atoms with Crippen molar-refractivity contribution < 1.29 is 24.5 Å². The number of aromatic nitrogens is 2. The zero-order valence-corrected chi connectivity index (χ0v) is 20.3. The summed E-state index contributed by atoms with van der Waals surface area (Å²) >= 11 is 0. The molecule has 1 aromatic heterocycles. The summed E-state index contributed by atoms with van der Waals surface area (Å²) in [4.78, 5) is 32.9. The van der Waals surface area contributed by atoms with Crippen LogP contribution in [0.4, 0.5) is 11.8 Å². The number of hydrogen-bond acceptors (Lipinski definition) is 8. The second-order valence-electron chi connectivity index (χ2n) is 8.20. The number of carbonyl (C=O) groups is 2. The van der Waals surface area contributed by atoms with Crippen LogP contribution in [0.1, 0.15) is 55.5 Å².